The first-order valence-corrected chi connectivity index (χ1v) is 6.68. The summed E-state index contributed by atoms with van der Waals surface area (Å²) in [6.45, 7) is 0. The number of nitrogens with one attached hydrogen (secondary N) is 1. The lowest BCUT2D eigenvalue weighted by Gasteiger charge is -2.09. The smallest absolute Gasteiger partial charge is 0.258 e. The normalized spacial score (nSPS) is 10.3. The number of anilines is 1. The third-order valence-electron chi connectivity index (χ3n) is 2.31. The summed E-state index contributed by atoms with van der Waals surface area (Å²) in [6.07, 6.45) is 0. The lowest BCUT2D eigenvalue weighted by Crippen LogP contribution is -2.12. The molecule has 0 aliphatic rings. The minimum atomic E-state index is -0.452. The van der Waals surface area contributed by atoms with Gasteiger partial charge in [-0.1, -0.05) is 23.2 Å². The molecule has 0 aliphatic heterocycles. The van der Waals surface area contributed by atoms with E-state index in [1.165, 1.54) is 31.4 Å². The van der Waals surface area contributed by atoms with E-state index in [0.29, 0.717) is 14.4 Å². The molecular weight excluding hydrogens is 312 g/mol. The van der Waals surface area contributed by atoms with Gasteiger partial charge in [0, 0.05) is 6.07 Å². The number of amides is 1. The highest BCUT2D eigenvalue weighted by Gasteiger charge is 2.16. The maximum Gasteiger partial charge on any atom is 0.258 e. The zero-order valence-corrected chi connectivity index (χ0v) is 12.0. The SMILES string of the molecule is COc1cc(F)ccc1NC(=O)c1cc(Cl)sc1Cl. The van der Waals surface area contributed by atoms with Crippen molar-refractivity contribution in [2.24, 2.45) is 0 Å². The van der Waals surface area contributed by atoms with Gasteiger partial charge in [-0.05, 0) is 18.2 Å². The Kier molecular flexibility index (Phi) is 4.29. The number of halogens is 3. The molecule has 1 heterocycles. The van der Waals surface area contributed by atoms with Crippen LogP contribution in [0.4, 0.5) is 10.1 Å². The van der Waals surface area contributed by atoms with Crippen molar-refractivity contribution in [3.05, 3.63) is 44.3 Å². The lowest BCUT2D eigenvalue weighted by atomic mass is 10.2. The van der Waals surface area contributed by atoms with Crippen molar-refractivity contribution in [2.75, 3.05) is 12.4 Å². The number of benzene rings is 1. The molecular formula is C12H8Cl2FNO2S. The van der Waals surface area contributed by atoms with Gasteiger partial charge in [0.25, 0.3) is 5.91 Å². The Labute approximate surface area is 122 Å². The van der Waals surface area contributed by atoms with Crippen LogP contribution >= 0.6 is 34.5 Å². The number of ether oxygens (including phenoxy) is 1. The van der Waals surface area contributed by atoms with Crippen molar-refractivity contribution in [1.82, 2.24) is 0 Å². The van der Waals surface area contributed by atoms with Gasteiger partial charge in [0.1, 0.15) is 15.9 Å². The van der Waals surface area contributed by atoms with E-state index < -0.39 is 11.7 Å². The van der Waals surface area contributed by atoms with Crippen LogP contribution in [0.15, 0.2) is 24.3 Å². The summed E-state index contributed by atoms with van der Waals surface area (Å²) in [7, 11) is 1.39. The second kappa shape index (κ2) is 5.77. The zero-order valence-electron chi connectivity index (χ0n) is 9.67. The fourth-order valence-corrected chi connectivity index (χ4v) is 2.91. The predicted molar refractivity (Wildman–Crippen MR) is 75.2 cm³/mol. The summed E-state index contributed by atoms with van der Waals surface area (Å²) < 4.78 is 18.7. The van der Waals surface area contributed by atoms with Gasteiger partial charge in [-0.3, -0.25) is 4.79 Å². The molecule has 19 heavy (non-hydrogen) atoms. The topological polar surface area (TPSA) is 38.3 Å². The Morgan fingerprint density at radius 1 is 1.37 bits per heavy atom. The molecule has 0 spiro atoms. The van der Waals surface area contributed by atoms with Gasteiger partial charge in [-0.25, -0.2) is 4.39 Å². The number of rotatable bonds is 3. The summed E-state index contributed by atoms with van der Waals surface area (Å²) in [4.78, 5) is 12.0. The second-order valence-electron chi connectivity index (χ2n) is 3.54. The van der Waals surface area contributed by atoms with Crippen molar-refractivity contribution in [2.45, 2.75) is 0 Å². The van der Waals surface area contributed by atoms with Crippen molar-refractivity contribution in [3.8, 4) is 5.75 Å². The van der Waals surface area contributed by atoms with Crippen molar-refractivity contribution in [3.63, 3.8) is 0 Å². The first-order valence-electron chi connectivity index (χ1n) is 5.11. The third kappa shape index (κ3) is 3.18. The highest BCUT2D eigenvalue weighted by Crippen LogP contribution is 2.32. The number of hydrogen-bond acceptors (Lipinski definition) is 3. The minimum absolute atomic E-state index is 0.228. The zero-order chi connectivity index (χ0) is 14.0. The van der Waals surface area contributed by atoms with Gasteiger partial charge in [0.05, 0.1) is 22.7 Å². The van der Waals surface area contributed by atoms with E-state index in [1.54, 1.807) is 0 Å². The van der Waals surface area contributed by atoms with Gasteiger partial charge >= 0.3 is 0 Å². The summed E-state index contributed by atoms with van der Waals surface area (Å²) >= 11 is 12.8. The Balaban J connectivity index is 2.26. The van der Waals surface area contributed by atoms with Crippen LogP contribution in [0.1, 0.15) is 10.4 Å². The first-order chi connectivity index (χ1) is 9.01. The van der Waals surface area contributed by atoms with Crippen LogP contribution in [0.2, 0.25) is 8.67 Å². The van der Waals surface area contributed by atoms with Gasteiger partial charge < -0.3 is 10.1 Å². The maximum absolute atomic E-state index is 13.0. The highest BCUT2D eigenvalue weighted by molar-refractivity contribution is 7.20. The monoisotopic (exact) mass is 319 g/mol. The number of hydrogen-bond donors (Lipinski definition) is 1. The molecule has 0 radical (unpaired) electrons. The van der Waals surface area contributed by atoms with Crippen LogP contribution in [0, 0.1) is 5.82 Å². The molecule has 0 saturated carbocycles. The van der Waals surface area contributed by atoms with Crippen molar-refractivity contribution >= 4 is 46.1 Å². The number of carbonyl (C=O) groups excluding carboxylic acids is 1. The molecule has 0 unspecified atom stereocenters. The lowest BCUT2D eigenvalue weighted by molar-refractivity contribution is 0.102. The van der Waals surface area contributed by atoms with E-state index in [1.807, 2.05) is 0 Å². The Hall–Kier alpha value is -1.30. The average molecular weight is 320 g/mol. The molecule has 0 bridgehead atoms. The average Bonchev–Trinajstić information content (AvgIpc) is 2.70. The Bertz CT molecular complexity index is 630. The van der Waals surface area contributed by atoms with Crippen LogP contribution < -0.4 is 10.1 Å². The molecule has 100 valence electrons. The van der Waals surface area contributed by atoms with E-state index in [-0.39, 0.29) is 11.3 Å². The first kappa shape index (κ1) is 14.1. The Morgan fingerprint density at radius 2 is 2.11 bits per heavy atom. The van der Waals surface area contributed by atoms with Crippen LogP contribution in [-0.4, -0.2) is 13.0 Å². The summed E-state index contributed by atoms with van der Waals surface area (Å²) in [5.74, 6) is -0.657. The van der Waals surface area contributed by atoms with E-state index in [0.717, 1.165) is 11.3 Å². The molecule has 2 rings (SSSR count). The van der Waals surface area contributed by atoms with Gasteiger partial charge in [-0.2, -0.15) is 0 Å². The number of thiophene rings is 1. The summed E-state index contributed by atoms with van der Waals surface area (Å²) in [5.41, 5.74) is 0.621. The molecule has 3 nitrogen and oxygen atoms in total. The molecule has 1 N–H and O–H groups in total. The van der Waals surface area contributed by atoms with Gasteiger partial charge in [0.2, 0.25) is 0 Å². The second-order valence-corrected chi connectivity index (χ2v) is 5.82. The molecule has 0 saturated heterocycles. The van der Waals surface area contributed by atoms with E-state index in [4.69, 9.17) is 27.9 Å². The quantitative estimate of drug-likeness (QED) is 0.907. The standard InChI is InChI=1S/C12H8Cl2FNO2S/c1-18-9-4-6(15)2-3-8(9)16-12(17)7-5-10(13)19-11(7)14/h2-5H,1H3,(H,16,17). The molecule has 1 amide bonds. The van der Waals surface area contributed by atoms with Crippen molar-refractivity contribution in [1.29, 1.82) is 0 Å². The molecule has 0 atom stereocenters. The van der Waals surface area contributed by atoms with Crippen LogP contribution in [0.25, 0.3) is 0 Å². The molecule has 7 heteroatoms. The number of carbonyl (C=O) groups is 1. The van der Waals surface area contributed by atoms with Gasteiger partial charge in [0.15, 0.2) is 0 Å². The minimum Gasteiger partial charge on any atom is -0.494 e. The molecule has 2 aromatic rings. The van der Waals surface area contributed by atoms with Crippen LogP contribution in [0.3, 0.4) is 0 Å². The predicted octanol–water partition coefficient (Wildman–Crippen LogP) is 4.45. The van der Waals surface area contributed by atoms with Crippen molar-refractivity contribution < 1.29 is 13.9 Å². The van der Waals surface area contributed by atoms with Crippen LogP contribution in [0.5, 0.6) is 5.75 Å². The largest absolute Gasteiger partial charge is 0.494 e. The fourth-order valence-electron chi connectivity index (χ4n) is 1.45. The molecule has 1 aromatic carbocycles. The van der Waals surface area contributed by atoms with E-state index in [2.05, 4.69) is 5.32 Å². The van der Waals surface area contributed by atoms with Crippen LogP contribution in [-0.2, 0) is 0 Å². The molecule has 1 aromatic heterocycles. The van der Waals surface area contributed by atoms with E-state index >= 15 is 0 Å². The van der Waals surface area contributed by atoms with Gasteiger partial charge in [-0.15, -0.1) is 11.3 Å². The number of methoxy groups -OCH3 is 1. The fraction of sp³-hybridized carbons (Fsp3) is 0.0833. The third-order valence-corrected chi connectivity index (χ3v) is 3.80. The molecule has 0 aliphatic carbocycles. The van der Waals surface area contributed by atoms with E-state index in [9.17, 15) is 9.18 Å². The highest BCUT2D eigenvalue weighted by atomic mass is 35.5. The summed E-state index contributed by atoms with van der Waals surface area (Å²) in [6, 6.07) is 5.28. The Morgan fingerprint density at radius 3 is 2.68 bits per heavy atom. The maximum atomic E-state index is 13.0. The molecule has 0 fully saturated rings. The summed E-state index contributed by atoms with van der Waals surface area (Å²) in [5, 5.41) is 2.59.